The number of nitriles is 1. The Hall–Kier alpha value is -0.590. The number of hydrogen-bond donors (Lipinski definition) is 1. The highest BCUT2D eigenvalue weighted by atomic mass is 15.1. The van der Waals surface area contributed by atoms with Gasteiger partial charge in [-0.1, -0.05) is 0 Å². The summed E-state index contributed by atoms with van der Waals surface area (Å²) in [5.41, 5.74) is -0.183. The van der Waals surface area contributed by atoms with Crippen molar-refractivity contribution >= 4 is 0 Å². The van der Waals surface area contributed by atoms with E-state index >= 15 is 0 Å². The van der Waals surface area contributed by atoms with Crippen molar-refractivity contribution in [1.29, 1.82) is 5.26 Å². The molecule has 1 unspecified atom stereocenters. The van der Waals surface area contributed by atoms with Crippen LogP contribution in [-0.2, 0) is 0 Å². The predicted octanol–water partition coefficient (Wildman–Crippen LogP) is 2.00. The van der Waals surface area contributed by atoms with Crippen LogP contribution in [0.3, 0.4) is 0 Å². The molecule has 16 heavy (non-hydrogen) atoms. The van der Waals surface area contributed by atoms with Crippen LogP contribution in [0.4, 0.5) is 0 Å². The van der Waals surface area contributed by atoms with Crippen molar-refractivity contribution in [3.63, 3.8) is 0 Å². The Bertz CT molecular complexity index is 234. The zero-order valence-corrected chi connectivity index (χ0v) is 10.9. The van der Waals surface area contributed by atoms with Gasteiger partial charge in [0.05, 0.1) is 11.5 Å². The van der Waals surface area contributed by atoms with Gasteiger partial charge >= 0.3 is 0 Å². The van der Waals surface area contributed by atoms with Crippen LogP contribution in [0.2, 0.25) is 0 Å². The Kier molecular flexibility index (Phi) is 5.24. The molecule has 0 radical (unpaired) electrons. The largest absolute Gasteiger partial charge is 0.317 e. The molecule has 0 aromatic heterocycles. The van der Waals surface area contributed by atoms with Gasteiger partial charge in [0, 0.05) is 6.04 Å². The summed E-state index contributed by atoms with van der Waals surface area (Å²) >= 11 is 0. The molecule has 0 bridgehead atoms. The van der Waals surface area contributed by atoms with E-state index in [9.17, 15) is 0 Å². The first-order valence-electron chi connectivity index (χ1n) is 6.37. The van der Waals surface area contributed by atoms with Crippen molar-refractivity contribution in [2.75, 3.05) is 26.7 Å². The zero-order chi connectivity index (χ0) is 12.0. The Labute approximate surface area is 99.8 Å². The van der Waals surface area contributed by atoms with Crippen molar-refractivity contribution < 1.29 is 0 Å². The van der Waals surface area contributed by atoms with Gasteiger partial charge < -0.3 is 10.2 Å². The minimum atomic E-state index is -0.183. The second-order valence-electron chi connectivity index (χ2n) is 5.56. The van der Waals surface area contributed by atoms with Gasteiger partial charge in [0.25, 0.3) is 0 Å². The predicted molar refractivity (Wildman–Crippen MR) is 67.1 cm³/mol. The SMILES string of the molecule is CN(CCC(C)(C)C#N)C1CCCNCC1. The first-order valence-corrected chi connectivity index (χ1v) is 6.37. The molecule has 0 aromatic carbocycles. The molecule has 1 rings (SSSR count). The molecule has 1 heterocycles. The van der Waals surface area contributed by atoms with Gasteiger partial charge in [0.2, 0.25) is 0 Å². The van der Waals surface area contributed by atoms with Crippen molar-refractivity contribution in [1.82, 2.24) is 10.2 Å². The summed E-state index contributed by atoms with van der Waals surface area (Å²) in [5, 5.41) is 12.4. The minimum absolute atomic E-state index is 0.183. The second-order valence-corrected chi connectivity index (χ2v) is 5.56. The van der Waals surface area contributed by atoms with Crippen LogP contribution in [0.5, 0.6) is 0 Å². The van der Waals surface area contributed by atoms with E-state index < -0.39 is 0 Å². The molecular formula is C13H25N3. The van der Waals surface area contributed by atoms with Crippen LogP contribution >= 0.6 is 0 Å². The Morgan fingerprint density at radius 2 is 2.12 bits per heavy atom. The summed E-state index contributed by atoms with van der Waals surface area (Å²) in [4.78, 5) is 2.44. The molecule has 0 aliphatic carbocycles. The maximum atomic E-state index is 8.98. The zero-order valence-electron chi connectivity index (χ0n) is 10.9. The van der Waals surface area contributed by atoms with Gasteiger partial charge in [0.15, 0.2) is 0 Å². The smallest absolute Gasteiger partial charge is 0.0684 e. The molecule has 1 fully saturated rings. The number of hydrogen-bond acceptors (Lipinski definition) is 3. The normalized spacial score (nSPS) is 22.8. The number of nitrogens with zero attached hydrogens (tertiary/aromatic N) is 2. The Balaban J connectivity index is 2.33. The first-order chi connectivity index (χ1) is 7.55. The van der Waals surface area contributed by atoms with Crippen LogP contribution in [0, 0.1) is 16.7 Å². The molecule has 0 saturated carbocycles. The molecule has 0 amide bonds. The van der Waals surface area contributed by atoms with Gasteiger partial charge in [-0.25, -0.2) is 0 Å². The summed E-state index contributed by atoms with van der Waals surface area (Å²) in [6, 6.07) is 3.07. The molecule has 1 aliphatic heterocycles. The minimum Gasteiger partial charge on any atom is -0.317 e. The van der Waals surface area contributed by atoms with Gasteiger partial charge in [-0.05, 0) is 66.2 Å². The van der Waals surface area contributed by atoms with E-state index in [1.807, 2.05) is 13.8 Å². The molecule has 1 atom stereocenters. The van der Waals surface area contributed by atoms with Gasteiger partial charge in [-0.3, -0.25) is 0 Å². The third-order valence-corrected chi connectivity index (χ3v) is 3.56. The lowest BCUT2D eigenvalue weighted by Gasteiger charge is -2.28. The molecular weight excluding hydrogens is 198 g/mol. The van der Waals surface area contributed by atoms with E-state index in [1.165, 1.54) is 19.3 Å². The average Bonchev–Trinajstić information content (AvgIpc) is 2.54. The highest BCUT2D eigenvalue weighted by Crippen LogP contribution is 2.20. The fourth-order valence-electron chi connectivity index (χ4n) is 2.14. The summed E-state index contributed by atoms with van der Waals surface area (Å²) < 4.78 is 0. The van der Waals surface area contributed by atoms with Gasteiger partial charge in [0.1, 0.15) is 0 Å². The van der Waals surface area contributed by atoms with Crippen molar-refractivity contribution in [3.8, 4) is 6.07 Å². The van der Waals surface area contributed by atoms with E-state index in [1.54, 1.807) is 0 Å². The van der Waals surface area contributed by atoms with E-state index in [-0.39, 0.29) is 5.41 Å². The number of nitrogens with one attached hydrogen (secondary N) is 1. The summed E-state index contributed by atoms with van der Waals surface area (Å²) in [6.45, 7) is 7.38. The Morgan fingerprint density at radius 3 is 2.81 bits per heavy atom. The Morgan fingerprint density at radius 1 is 1.38 bits per heavy atom. The summed E-state index contributed by atoms with van der Waals surface area (Å²) in [6.07, 6.45) is 4.76. The van der Waals surface area contributed by atoms with Crippen molar-refractivity contribution in [2.24, 2.45) is 5.41 Å². The quantitative estimate of drug-likeness (QED) is 0.792. The third-order valence-electron chi connectivity index (χ3n) is 3.56. The monoisotopic (exact) mass is 223 g/mol. The molecule has 1 aliphatic rings. The van der Waals surface area contributed by atoms with Crippen LogP contribution in [0.15, 0.2) is 0 Å². The molecule has 3 nitrogen and oxygen atoms in total. The second kappa shape index (κ2) is 6.22. The summed E-state index contributed by atoms with van der Waals surface area (Å²) in [5.74, 6) is 0. The van der Waals surface area contributed by atoms with Crippen LogP contribution < -0.4 is 5.32 Å². The molecule has 1 N–H and O–H groups in total. The highest BCUT2D eigenvalue weighted by molar-refractivity contribution is 4.92. The lowest BCUT2D eigenvalue weighted by atomic mass is 9.91. The number of rotatable bonds is 4. The molecule has 0 aromatic rings. The average molecular weight is 223 g/mol. The van der Waals surface area contributed by atoms with Crippen LogP contribution in [0.1, 0.15) is 39.5 Å². The van der Waals surface area contributed by atoms with E-state index in [0.29, 0.717) is 6.04 Å². The van der Waals surface area contributed by atoms with Crippen LogP contribution in [-0.4, -0.2) is 37.6 Å². The van der Waals surface area contributed by atoms with Gasteiger partial charge in [-0.2, -0.15) is 5.26 Å². The third kappa shape index (κ3) is 4.51. The summed E-state index contributed by atoms with van der Waals surface area (Å²) in [7, 11) is 2.20. The molecule has 3 heteroatoms. The van der Waals surface area contributed by atoms with E-state index in [4.69, 9.17) is 5.26 Å². The first kappa shape index (κ1) is 13.5. The maximum Gasteiger partial charge on any atom is 0.0684 e. The fourth-order valence-corrected chi connectivity index (χ4v) is 2.14. The highest BCUT2D eigenvalue weighted by Gasteiger charge is 2.21. The molecule has 0 spiro atoms. The lowest BCUT2D eigenvalue weighted by Crippen LogP contribution is -2.34. The van der Waals surface area contributed by atoms with Crippen LogP contribution in [0.25, 0.3) is 0 Å². The van der Waals surface area contributed by atoms with E-state index in [2.05, 4.69) is 23.3 Å². The fraction of sp³-hybridized carbons (Fsp3) is 0.923. The van der Waals surface area contributed by atoms with Gasteiger partial charge in [-0.15, -0.1) is 0 Å². The topological polar surface area (TPSA) is 39.1 Å². The van der Waals surface area contributed by atoms with E-state index in [0.717, 1.165) is 26.1 Å². The molecule has 1 saturated heterocycles. The lowest BCUT2D eigenvalue weighted by molar-refractivity contribution is 0.203. The van der Waals surface area contributed by atoms with Crippen molar-refractivity contribution in [2.45, 2.75) is 45.6 Å². The maximum absolute atomic E-state index is 8.98. The standard InChI is InChI=1S/C13H25N3/c1-13(2,11-14)7-10-16(3)12-5-4-8-15-9-6-12/h12,15H,4-10H2,1-3H3. The molecule has 92 valence electrons. The van der Waals surface area contributed by atoms with Crippen molar-refractivity contribution in [3.05, 3.63) is 0 Å².